The Morgan fingerprint density at radius 2 is 1.42 bits per heavy atom. The molecule has 21 heteroatoms. The van der Waals surface area contributed by atoms with Crippen LogP contribution in [0.15, 0.2) is 0 Å². The van der Waals surface area contributed by atoms with Gasteiger partial charge in [-0.2, -0.15) is 5.48 Å². The first-order chi connectivity index (χ1) is 25.7. The van der Waals surface area contributed by atoms with Crippen molar-refractivity contribution in [3.05, 3.63) is 0 Å². The van der Waals surface area contributed by atoms with Crippen LogP contribution in [0.25, 0.3) is 0 Å². The Balaban J connectivity index is -0.000000312. The lowest BCUT2D eigenvalue weighted by atomic mass is 10.1. The van der Waals surface area contributed by atoms with Gasteiger partial charge in [0.05, 0.1) is 59.7 Å². The number of hydroxylamine groups is 3. The number of hydrogen-bond donors (Lipinski definition) is 8. The average molecular weight is 777 g/mol. The van der Waals surface area contributed by atoms with Gasteiger partial charge in [0.15, 0.2) is 0 Å². The van der Waals surface area contributed by atoms with Crippen molar-refractivity contribution in [1.82, 2.24) is 47.5 Å². The van der Waals surface area contributed by atoms with Crippen LogP contribution in [-0.2, 0) is 52.6 Å². The molecule has 0 spiro atoms. The number of methoxy groups -OCH3 is 3. The highest BCUT2D eigenvalue weighted by Crippen LogP contribution is 2.03. The second kappa shape index (κ2) is 51.9. The smallest absolute Gasteiger partial charge is 0.236 e. The summed E-state index contributed by atoms with van der Waals surface area (Å²) >= 11 is 0. The summed E-state index contributed by atoms with van der Waals surface area (Å²) in [5.41, 5.74) is 13.9. The summed E-state index contributed by atoms with van der Waals surface area (Å²) in [6, 6.07) is 0.193. The summed E-state index contributed by atoms with van der Waals surface area (Å²) in [4.78, 5) is 49.6. The van der Waals surface area contributed by atoms with Crippen LogP contribution in [0.3, 0.4) is 0 Å². The molecule has 0 rings (SSSR count). The maximum atomic E-state index is 10.9. The maximum absolute atomic E-state index is 10.9. The molecule has 53 heavy (non-hydrogen) atoms. The first-order valence-electron chi connectivity index (χ1n) is 17.8. The lowest BCUT2D eigenvalue weighted by molar-refractivity contribution is -0.124. The molecular weight excluding hydrogens is 700 g/mol. The summed E-state index contributed by atoms with van der Waals surface area (Å²) in [5.74, 6) is -0.0731. The molecule has 3 amide bonds. The van der Waals surface area contributed by atoms with E-state index in [4.69, 9.17) is 43.9 Å². The van der Waals surface area contributed by atoms with E-state index >= 15 is 0 Å². The molecule has 0 fully saturated rings. The maximum Gasteiger partial charge on any atom is 0.236 e. The van der Waals surface area contributed by atoms with Crippen LogP contribution in [0.2, 0.25) is 0 Å². The molecule has 0 heterocycles. The normalized spacial score (nSPS) is 11.4. The monoisotopic (exact) mass is 777 g/mol. The lowest BCUT2D eigenvalue weighted by Gasteiger charge is -2.25. The Morgan fingerprint density at radius 3 is 1.96 bits per heavy atom. The highest BCUT2D eigenvalue weighted by Gasteiger charge is 2.14. The van der Waals surface area contributed by atoms with E-state index in [0.717, 1.165) is 32.3 Å². The van der Waals surface area contributed by atoms with E-state index in [0.29, 0.717) is 92.7 Å². The van der Waals surface area contributed by atoms with Crippen molar-refractivity contribution in [2.24, 2.45) is 5.73 Å². The van der Waals surface area contributed by atoms with Gasteiger partial charge in [-0.25, -0.2) is 11.0 Å². The topological polar surface area (TPSA) is 242 Å². The molecule has 21 nitrogen and oxygen atoms in total. The molecule has 0 saturated heterocycles. The SMILES string of the molecule is CCCONCC(=O)NC.CCOCNCOCNCOC.CCONCCONCCOC.CNC(CCN(C=O)CN(C)C=O)CC(N)COC. The zero-order valence-electron chi connectivity index (χ0n) is 34.0. The van der Waals surface area contributed by atoms with E-state index in [-0.39, 0.29) is 24.5 Å². The minimum Gasteiger partial charge on any atom is -0.383 e. The van der Waals surface area contributed by atoms with Gasteiger partial charge in [-0.1, -0.05) is 6.92 Å². The van der Waals surface area contributed by atoms with Crippen LogP contribution < -0.4 is 43.4 Å². The number of carbonyl (C=O) groups excluding carboxylic acids is 3. The van der Waals surface area contributed by atoms with Crippen LogP contribution in [0.1, 0.15) is 40.0 Å². The summed E-state index contributed by atoms with van der Waals surface area (Å²) in [6.45, 7) is 14.1. The standard InChI is InChI=1S/C12H26N4O3.2C7H18N2O3.C6H14N2O2/c1-14-12(6-11(13)7-19-3)4-5-16(10-18)8-15(2)9-17;1-3-11-5-9-7-12-6-8-4-10-2;1-3-11-8-5-7-12-9-4-6-10-2;1-3-4-10-8-5-6(9)7-2/h9-12,14H,4-8,13H2,1-3H3;2*8-9H,3-7H2,1-2H3;8H,3-5H2,1-2H3,(H,7,9). The number of rotatable bonds is 35. The molecule has 0 bridgehead atoms. The van der Waals surface area contributed by atoms with Gasteiger partial charge in [0.1, 0.15) is 13.5 Å². The lowest BCUT2D eigenvalue weighted by Crippen LogP contribution is -2.40. The highest BCUT2D eigenvalue weighted by molar-refractivity contribution is 5.77. The quantitative estimate of drug-likeness (QED) is 0.0149. The molecule has 2 unspecified atom stereocenters. The van der Waals surface area contributed by atoms with Crippen LogP contribution >= 0.6 is 0 Å². The second-order valence-electron chi connectivity index (χ2n) is 10.6. The molecule has 0 saturated carbocycles. The molecule has 0 aromatic rings. The number of likely N-dealkylation sites (N-methyl/N-ethyl adjacent to an activating group) is 1. The number of amides is 3. The third kappa shape index (κ3) is 54.3. The molecule has 0 radical (unpaired) electrons. The zero-order chi connectivity index (χ0) is 40.6. The number of ether oxygens (including phenoxy) is 5. The zero-order valence-corrected chi connectivity index (χ0v) is 34.0. The average Bonchev–Trinajstić information content (AvgIpc) is 3.17. The Labute approximate surface area is 318 Å². The van der Waals surface area contributed by atoms with Gasteiger partial charge in [0.2, 0.25) is 18.7 Å². The van der Waals surface area contributed by atoms with Crippen molar-refractivity contribution in [1.29, 1.82) is 0 Å². The predicted octanol–water partition coefficient (Wildman–Crippen LogP) is -2.11. The van der Waals surface area contributed by atoms with Crippen molar-refractivity contribution < 1.29 is 52.6 Å². The van der Waals surface area contributed by atoms with Crippen LogP contribution in [0.4, 0.5) is 0 Å². The Morgan fingerprint density at radius 1 is 0.774 bits per heavy atom. The second-order valence-corrected chi connectivity index (χ2v) is 10.6. The highest BCUT2D eigenvalue weighted by atomic mass is 16.7. The Kier molecular flexibility index (Phi) is 56.4. The van der Waals surface area contributed by atoms with Crippen molar-refractivity contribution >= 4 is 18.7 Å². The van der Waals surface area contributed by atoms with Crippen LogP contribution in [-0.4, -0.2) is 182 Å². The molecule has 0 aliphatic carbocycles. The van der Waals surface area contributed by atoms with Gasteiger partial charge in [-0.05, 0) is 40.2 Å². The molecule has 320 valence electrons. The van der Waals surface area contributed by atoms with Gasteiger partial charge in [-0.3, -0.25) is 25.0 Å². The largest absolute Gasteiger partial charge is 0.383 e. The fourth-order valence-electron chi connectivity index (χ4n) is 3.32. The van der Waals surface area contributed by atoms with E-state index in [1.54, 1.807) is 40.3 Å². The van der Waals surface area contributed by atoms with Crippen molar-refractivity contribution in [2.45, 2.75) is 52.1 Å². The number of hydrogen-bond acceptors (Lipinski definition) is 18. The van der Waals surface area contributed by atoms with E-state index in [9.17, 15) is 14.4 Å². The molecule has 0 aliphatic heterocycles. The van der Waals surface area contributed by atoms with Gasteiger partial charge in [0.25, 0.3) is 0 Å². The molecule has 0 aromatic carbocycles. The van der Waals surface area contributed by atoms with Crippen molar-refractivity contribution in [3.63, 3.8) is 0 Å². The van der Waals surface area contributed by atoms with E-state index in [2.05, 4.69) is 37.7 Å². The number of nitrogens with two attached hydrogens (primary N) is 1. The van der Waals surface area contributed by atoms with E-state index < -0.39 is 0 Å². The Hall–Kier alpha value is -2.19. The molecule has 2 atom stereocenters. The summed E-state index contributed by atoms with van der Waals surface area (Å²) in [6.07, 6.45) is 3.95. The fraction of sp³-hybridized carbons (Fsp3) is 0.906. The first kappa shape index (κ1) is 57.5. The number of carbonyl (C=O) groups is 3. The van der Waals surface area contributed by atoms with Crippen LogP contribution in [0, 0.1) is 0 Å². The van der Waals surface area contributed by atoms with Gasteiger partial charge in [0, 0.05) is 73.7 Å². The Bertz CT molecular complexity index is 689. The number of nitrogens with zero attached hydrogens (tertiary/aromatic N) is 2. The van der Waals surface area contributed by atoms with Gasteiger partial charge in [-0.15, -0.1) is 0 Å². The third-order valence-electron chi connectivity index (χ3n) is 5.92. The molecular formula is C32H76N10O11. The van der Waals surface area contributed by atoms with Crippen molar-refractivity contribution in [2.75, 3.05) is 142 Å². The fourth-order valence-corrected chi connectivity index (χ4v) is 3.32. The minimum atomic E-state index is -0.0731. The van der Waals surface area contributed by atoms with E-state index in [1.807, 2.05) is 27.8 Å². The summed E-state index contributed by atoms with van der Waals surface area (Å²) in [7, 11) is 9.99. The predicted molar refractivity (Wildman–Crippen MR) is 203 cm³/mol. The minimum absolute atomic E-state index is 0.0234. The number of nitrogens with one attached hydrogen (secondary N) is 7. The first-order valence-corrected chi connectivity index (χ1v) is 17.8. The molecule has 0 aliphatic rings. The van der Waals surface area contributed by atoms with Crippen molar-refractivity contribution in [3.8, 4) is 0 Å². The molecule has 0 aromatic heterocycles. The third-order valence-corrected chi connectivity index (χ3v) is 5.92. The molecule has 9 N–H and O–H groups in total. The summed E-state index contributed by atoms with van der Waals surface area (Å²) < 4.78 is 24.7. The van der Waals surface area contributed by atoms with Gasteiger partial charge >= 0.3 is 0 Å². The van der Waals surface area contributed by atoms with E-state index in [1.165, 1.54) is 4.90 Å². The summed E-state index contributed by atoms with van der Waals surface area (Å²) in [5, 5.41) is 11.5. The van der Waals surface area contributed by atoms with Gasteiger partial charge < -0.3 is 64.4 Å². The van der Waals surface area contributed by atoms with Crippen LogP contribution in [0.5, 0.6) is 0 Å².